The number of cyclic esters (lactones) is 1. The van der Waals surface area contributed by atoms with Crippen LogP contribution in [0.15, 0.2) is 24.4 Å². The second-order valence-corrected chi connectivity index (χ2v) is 7.86. The predicted molar refractivity (Wildman–Crippen MR) is 112 cm³/mol. The summed E-state index contributed by atoms with van der Waals surface area (Å²) in [5, 5.41) is 10.3. The van der Waals surface area contributed by atoms with Gasteiger partial charge in [-0.3, -0.25) is 14.5 Å². The molecule has 2 aliphatic heterocycles. The van der Waals surface area contributed by atoms with Gasteiger partial charge in [-0.1, -0.05) is 5.21 Å². The number of nitrogens with zero attached hydrogens (tertiary/aromatic N) is 5. The molecular weight excluding hydrogens is 421 g/mol. The highest BCUT2D eigenvalue weighted by atomic mass is 19.1. The number of hydrogen-bond donors (Lipinski definition) is 2. The summed E-state index contributed by atoms with van der Waals surface area (Å²) in [4.78, 5) is 37.7. The predicted octanol–water partition coefficient (Wildman–Crippen LogP) is 0.819. The number of piperidine rings is 1. The van der Waals surface area contributed by atoms with Gasteiger partial charge in [-0.2, -0.15) is 0 Å². The Morgan fingerprint density at radius 1 is 1.31 bits per heavy atom. The van der Waals surface area contributed by atoms with Crippen LogP contribution in [-0.2, 0) is 9.53 Å². The van der Waals surface area contributed by atoms with Crippen LogP contribution in [0.25, 0.3) is 0 Å². The minimum atomic E-state index is -0.626. The molecule has 32 heavy (non-hydrogen) atoms. The van der Waals surface area contributed by atoms with Gasteiger partial charge in [0.05, 0.1) is 36.7 Å². The number of amides is 3. The van der Waals surface area contributed by atoms with Crippen molar-refractivity contribution in [2.24, 2.45) is 5.73 Å². The zero-order chi connectivity index (χ0) is 22.8. The molecule has 4 rings (SSSR count). The van der Waals surface area contributed by atoms with Crippen LogP contribution < -0.4 is 20.9 Å². The summed E-state index contributed by atoms with van der Waals surface area (Å²) in [5.74, 6) is -1.27. The highest BCUT2D eigenvalue weighted by Crippen LogP contribution is 2.31. The van der Waals surface area contributed by atoms with Gasteiger partial charge in [0.25, 0.3) is 5.91 Å². The van der Waals surface area contributed by atoms with Crippen molar-refractivity contribution < 1.29 is 23.5 Å². The topological polar surface area (TPSA) is 136 Å². The first-order chi connectivity index (χ1) is 15.3. The van der Waals surface area contributed by atoms with Crippen LogP contribution >= 0.6 is 0 Å². The van der Waals surface area contributed by atoms with Crippen molar-refractivity contribution in [1.82, 2.24) is 20.3 Å². The Labute approximate surface area is 183 Å². The van der Waals surface area contributed by atoms with E-state index in [1.54, 1.807) is 16.8 Å². The van der Waals surface area contributed by atoms with Gasteiger partial charge in [0.2, 0.25) is 5.91 Å². The summed E-state index contributed by atoms with van der Waals surface area (Å²) in [6, 6.07) is 4.71. The molecule has 3 heterocycles. The molecule has 11 nitrogen and oxygen atoms in total. The van der Waals surface area contributed by atoms with Crippen molar-refractivity contribution in [3.8, 4) is 0 Å². The largest absolute Gasteiger partial charge is 0.442 e. The fourth-order valence-corrected chi connectivity index (χ4v) is 3.96. The second-order valence-electron chi connectivity index (χ2n) is 7.86. The Balaban J connectivity index is 1.38. The third-order valence-electron chi connectivity index (χ3n) is 5.64. The lowest BCUT2D eigenvalue weighted by Crippen LogP contribution is -2.35. The number of nitrogens with two attached hydrogens (primary N) is 1. The fraction of sp³-hybridized carbons (Fsp3) is 0.450. The first-order valence-electron chi connectivity index (χ1n) is 10.3. The quantitative estimate of drug-likeness (QED) is 0.672. The molecule has 2 aliphatic rings. The maximum atomic E-state index is 14.9. The maximum Gasteiger partial charge on any atom is 0.414 e. The van der Waals surface area contributed by atoms with Gasteiger partial charge >= 0.3 is 6.09 Å². The molecule has 3 amide bonds. The number of benzene rings is 1. The summed E-state index contributed by atoms with van der Waals surface area (Å²) >= 11 is 0. The lowest BCUT2D eigenvalue weighted by molar-refractivity contribution is -0.119. The Hall–Kier alpha value is -3.70. The molecule has 1 atom stereocenters. The molecule has 0 radical (unpaired) electrons. The standard InChI is InChI=1S/C20H24FN7O4/c1-12(29)23-9-15-10-27(20(31)32-15)14-2-3-18(16(21)8-14)26-6-4-13(5-7-26)28-11-17(19(22)30)24-25-28/h2-3,8,11,13,15H,4-7,9-10H2,1H3,(H2,22,30)(H,23,29)/t15-/m0/s1. The van der Waals surface area contributed by atoms with E-state index in [2.05, 4.69) is 15.6 Å². The number of hydrogen-bond acceptors (Lipinski definition) is 7. The summed E-state index contributed by atoms with van der Waals surface area (Å²) in [6.45, 7) is 3.01. The number of carbonyl (C=O) groups is 3. The van der Waals surface area contributed by atoms with Gasteiger partial charge in [-0.15, -0.1) is 5.10 Å². The van der Waals surface area contributed by atoms with E-state index in [-0.39, 0.29) is 30.7 Å². The van der Waals surface area contributed by atoms with E-state index in [0.717, 1.165) is 0 Å². The second kappa shape index (κ2) is 8.81. The summed E-state index contributed by atoms with van der Waals surface area (Å²) in [5.41, 5.74) is 6.19. The zero-order valence-electron chi connectivity index (χ0n) is 17.5. The number of rotatable bonds is 6. The third kappa shape index (κ3) is 4.48. The van der Waals surface area contributed by atoms with Crippen molar-refractivity contribution in [1.29, 1.82) is 0 Å². The number of aromatic nitrogens is 3. The molecular formula is C20H24FN7O4. The van der Waals surface area contributed by atoms with Gasteiger partial charge in [0.15, 0.2) is 5.69 Å². The average molecular weight is 445 g/mol. The van der Waals surface area contributed by atoms with E-state index in [9.17, 15) is 18.8 Å². The van der Waals surface area contributed by atoms with Gasteiger partial charge in [-0.25, -0.2) is 13.9 Å². The molecule has 170 valence electrons. The lowest BCUT2D eigenvalue weighted by Gasteiger charge is -2.33. The molecule has 2 aromatic rings. The van der Waals surface area contributed by atoms with Crippen molar-refractivity contribution in [2.75, 3.05) is 36.0 Å². The summed E-state index contributed by atoms with van der Waals surface area (Å²) in [7, 11) is 0. The average Bonchev–Trinajstić information content (AvgIpc) is 3.39. The minimum Gasteiger partial charge on any atom is -0.442 e. The molecule has 1 aromatic heterocycles. The number of nitrogens with one attached hydrogen (secondary N) is 1. The third-order valence-corrected chi connectivity index (χ3v) is 5.64. The Kier molecular flexibility index (Phi) is 5.93. The van der Waals surface area contributed by atoms with Gasteiger partial charge in [0, 0.05) is 20.0 Å². The normalized spacial score (nSPS) is 19.2. The number of halogens is 1. The molecule has 0 unspecified atom stereocenters. The first kappa shape index (κ1) is 21.5. The number of ether oxygens (including phenoxy) is 1. The monoisotopic (exact) mass is 445 g/mol. The molecule has 0 bridgehead atoms. The highest BCUT2D eigenvalue weighted by molar-refractivity contribution is 5.90. The Morgan fingerprint density at radius 2 is 2.06 bits per heavy atom. The molecule has 3 N–H and O–H groups in total. The van der Waals surface area contributed by atoms with Crippen molar-refractivity contribution in [3.05, 3.63) is 35.9 Å². The van der Waals surface area contributed by atoms with Crippen LogP contribution in [0, 0.1) is 5.82 Å². The van der Waals surface area contributed by atoms with Crippen LogP contribution in [0.2, 0.25) is 0 Å². The van der Waals surface area contributed by atoms with Crippen molar-refractivity contribution >= 4 is 29.3 Å². The zero-order valence-corrected chi connectivity index (χ0v) is 17.5. The first-order valence-corrected chi connectivity index (χ1v) is 10.3. The van der Waals surface area contributed by atoms with Crippen LogP contribution in [0.3, 0.4) is 0 Å². The molecule has 1 aromatic carbocycles. The van der Waals surface area contributed by atoms with Crippen molar-refractivity contribution in [3.63, 3.8) is 0 Å². The maximum absolute atomic E-state index is 14.9. The highest BCUT2D eigenvalue weighted by Gasteiger charge is 2.33. The van der Waals surface area contributed by atoms with E-state index >= 15 is 0 Å². The molecule has 0 aliphatic carbocycles. The van der Waals surface area contributed by atoms with Crippen LogP contribution in [0.4, 0.5) is 20.6 Å². The van der Waals surface area contributed by atoms with E-state index in [4.69, 9.17) is 10.5 Å². The van der Waals surface area contributed by atoms with Gasteiger partial charge < -0.3 is 20.7 Å². The molecule has 12 heteroatoms. The van der Waals surface area contributed by atoms with Gasteiger partial charge in [-0.05, 0) is 31.0 Å². The van der Waals surface area contributed by atoms with Crippen molar-refractivity contribution in [2.45, 2.75) is 31.9 Å². The van der Waals surface area contributed by atoms with Crippen LogP contribution in [0.5, 0.6) is 0 Å². The number of carbonyl (C=O) groups excluding carboxylic acids is 3. The number of primary amides is 1. The van der Waals surface area contributed by atoms with Crippen LogP contribution in [-0.4, -0.2) is 65.2 Å². The van der Waals surface area contributed by atoms with E-state index in [0.29, 0.717) is 37.3 Å². The smallest absolute Gasteiger partial charge is 0.414 e. The molecule has 0 spiro atoms. The number of anilines is 2. The fourth-order valence-electron chi connectivity index (χ4n) is 3.96. The summed E-state index contributed by atoms with van der Waals surface area (Å²) < 4.78 is 21.8. The van der Waals surface area contributed by atoms with Crippen LogP contribution in [0.1, 0.15) is 36.3 Å². The Bertz CT molecular complexity index is 1030. The van der Waals surface area contributed by atoms with E-state index < -0.39 is 23.9 Å². The lowest BCUT2D eigenvalue weighted by atomic mass is 10.0. The minimum absolute atomic E-state index is 0.0501. The van der Waals surface area contributed by atoms with Gasteiger partial charge in [0.1, 0.15) is 11.9 Å². The Morgan fingerprint density at radius 3 is 2.69 bits per heavy atom. The van der Waals surface area contributed by atoms with E-state index in [1.165, 1.54) is 24.1 Å². The molecule has 2 saturated heterocycles. The van der Waals surface area contributed by atoms with E-state index in [1.807, 2.05) is 4.90 Å². The summed E-state index contributed by atoms with van der Waals surface area (Å²) in [6.07, 6.45) is 1.88. The molecule has 2 fully saturated rings. The SMILES string of the molecule is CC(=O)NC[C@H]1CN(c2ccc(N3CCC(n4cc(C(N)=O)nn4)CC3)c(F)c2)C(=O)O1. The molecule has 0 saturated carbocycles.